The fraction of sp³-hybridized carbons (Fsp3) is 0.286. The Labute approximate surface area is 129 Å². The van der Waals surface area contributed by atoms with Crippen LogP contribution in [-0.4, -0.2) is 32.8 Å². The van der Waals surface area contributed by atoms with Crippen LogP contribution in [0.1, 0.15) is 12.1 Å². The number of aromatic nitrogens is 4. The summed E-state index contributed by atoms with van der Waals surface area (Å²) in [6.07, 6.45) is 6.27. The highest BCUT2D eigenvalue weighted by molar-refractivity contribution is 6.31. The van der Waals surface area contributed by atoms with Gasteiger partial charge in [-0.3, -0.25) is 9.51 Å². The van der Waals surface area contributed by atoms with Crippen LogP contribution in [0.25, 0.3) is 17.1 Å². The lowest BCUT2D eigenvalue weighted by molar-refractivity contribution is 0.131. The van der Waals surface area contributed by atoms with Crippen LogP contribution in [-0.2, 0) is 4.74 Å². The molecule has 1 saturated heterocycles. The molecular weight excluding hydrogens is 308 g/mol. The Morgan fingerprint density at radius 2 is 2.18 bits per heavy atom. The van der Waals surface area contributed by atoms with E-state index >= 15 is 0 Å². The van der Waals surface area contributed by atoms with Crippen molar-refractivity contribution in [2.24, 2.45) is 5.92 Å². The van der Waals surface area contributed by atoms with E-state index in [0.29, 0.717) is 23.0 Å². The monoisotopic (exact) mass is 318 g/mol. The molecule has 112 valence electrons. The molecule has 0 amide bonds. The Hall–Kier alpha value is -2.25. The van der Waals surface area contributed by atoms with Gasteiger partial charge in [-0.15, -0.1) is 0 Å². The molecule has 4 rings (SSSR count). The van der Waals surface area contributed by atoms with Gasteiger partial charge in [0, 0.05) is 17.6 Å². The molecule has 1 fully saturated rings. The molecule has 2 aliphatic rings. The molecule has 8 heteroatoms. The fourth-order valence-corrected chi connectivity index (χ4v) is 3.06. The van der Waals surface area contributed by atoms with E-state index in [2.05, 4.69) is 30.7 Å². The van der Waals surface area contributed by atoms with Crippen LogP contribution in [0.4, 0.5) is 0 Å². The maximum Gasteiger partial charge on any atom is 0.439 e. The molecule has 3 heterocycles. The molecule has 0 saturated carbocycles. The molecule has 1 aliphatic heterocycles. The largest absolute Gasteiger partial charge is 0.439 e. The lowest BCUT2D eigenvalue weighted by atomic mass is 9.91. The third kappa shape index (κ3) is 2.28. The van der Waals surface area contributed by atoms with Crippen molar-refractivity contribution in [2.75, 3.05) is 6.61 Å². The van der Waals surface area contributed by atoms with E-state index in [1.165, 1.54) is 6.33 Å². The molecular formula is C14H11ClN4O3. The summed E-state index contributed by atoms with van der Waals surface area (Å²) in [5.74, 6) is -0.0964. The number of rotatable bonds is 2. The highest BCUT2D eigenvalue weighted by atomic mass is 35.5. The van der Waals surface area contributed by atoms with E-state index in [1.807, 2.05) is 6.08 Å². The summed E-state index contributed by atoms with van der Waals surface area (Å²) in [6, 6.07) is 1.73. The highest BCUT2D eigenvalue weighted by Gasteiger charge is 2.32. The first kappa shape index (κ1) is 13.4. The summed E-state index contributed by atoms with van der Waals surface area (Å²) in [5.41, 5.74) is 2.09. The van der Waals surface area contributed by atoms with Crippen molar-refractivity contribution < 1.29 is 9.26 Å². The van der Waals surface area contributed by atoms with Gasteiger partial charge in [-0.1, -0.05) is 22.8 Å². The number of fused-ring (bicyclic) bond motifs is 1. The van der Waals surface area contributed by atoms with Gasteiger partial charge in [0.05, 0.1) is 11.8 Å². The number of halogens is 1. The zero-order valence-corrected chi connectivity index (χ0v) is 12.1. The molecule has 2 aromatic rings. The van der Waals surface area contributed by atoms with E-state index in [1.54, 1.807) is 6.07 Å². The van der Waals surface area contributed by atoms with Gasteiger partial charge in [-0.05, 0) is 24.1 Å². The zero-order chi connectivity index (χ0) is 15.1. The third-order valence-electron chi connectivity index (χ3n) is 3.74. The van der Waals surface area contributed by atoms with Crippen LogP contribution in [0.2, 0.25) is 0 Å². The minimum absolute atomic E-state index is 0.0429. The van der Waals surface area contributed by atoms with E-state index in [9.17, 15) is 4.79 Å². The van der Waals surface area contributed by atoms with Crippen molar-refractivity contribution in [3.63, 3.8) is 0 Å². The Morgan fingerprint density at radius 3 is 3.00 bits per heavy atom. The molecule has 2 atom stereocenters. The van der Waals surface area contributed by atoms with Crippen LogP contribution in [0.3, 0.4) is 0 Å². The fourth-order valence-electron chi connectivity index (χ4n) is 2.71. The smallest absolute Gasteiger partial charge is 0.372 e. The molecule has 0 radical (unpaired) electrons. The summed E-state index contributed by atoms with van der Waals surface area (Å²) in [5, 5.41) is 4.30. The number of nitrogens with one attached hydrogen (secondary N) is 1. The maximum absolute atomic E-state index is 11.0. The molecule has 22 heavy (non-hydrogen) atoms. The summed E-state index contributed by atoms with van der Waals surface area (Å²) >= 11 is 6.30. The van der Waals surface area contributed by atoms with Crippen LogP contribution in [0.5, 0.6) is 0 Å². The van der Waals surface area contributed by atoms with Crippen LogP contribution < -0.4 is 5.76 Å². The number of nitrogens with zero attached hydrogens (tertiary/aromatic N) is 3. The molecule has 0 spiro atoms. The molecule has 1 N–H and O–H groups in total. The first-order valence-electron chi connectivity index (χ1n) is 6.80. The van der Waals surface area contributed by atoms with Crippen LogP contribution in [0, 0.1) is 5.92 Å². The Morgan fingerprint density at radius 1 is 1.32 bits per heavy atom. The van der Waals surface area contributed by atoms with Crippen molar-refractivity contribution in [2.45, 2.75) is 12.5 Å². The van der Waals surface area contributed by atoms with E-state index in [4.69, 9.17) is 16.3 Å². The van der Waals surface area contributed by atoms with Gasteiger partial charge in [0.25, 0.3) is 0 Å². The van der Waals surface area contributed by atoms with Crippen molar-refractivity contribution in [3.8, 4) is 11.5 Å². The normalized spacial score (nSPS) is 23.9. The van der Waals surface area contributed by atoms with Gasteiger partial charge in [-0.2, -0.15) is 0 Å². The topological polar surface area (TPSA) is 93.9 Å². The van der Waals surface area contributed by atoms with Gasteiger partial charge < -0.3 is 4.74 Å². The van der Waals surface area contributed by atoms with E-state index in [0.717, 1.165) is 12.0 Å². The second-order valence-electron chi connectivity index (χ2n) is 5.13. The number of aromatic amines is 1. The highest BCUT2D eigenvalue weighted by Crippen LogP contribution is 2.37. The minimum Gasteiger partial charge on any atom is -0.372 e. The Balaban J connectivity index is 1.73. The minimum atomic E-state index is -0.624. The van der Waals surface area contributed by atoms with Crippen molar-refractivity contribution in [1.82, 2.24) is 20.1 Å². The van der Waals surface area contributed by atoms with Gasteiger partial charge >= 0.3 is 5.76 Å². The average molecular weight is 319 g/mol. The van der Waals surface area contributed by atoms with Gasteiger partial charge in [0.1, 0.15) is 12.0 Å². The average Bonchev–Trinajstić information content (AvgIpc) is 3.16. The summed E-state index contributed by atoms with van der Waals surface area (Å²) in [7, 11) is 0. The quantitative estimate of drug-likeness (QED) is 0.906. The summed E-state index contributed by atoms with van der Waals surface area (Å²) in [6.45, 7) is 0.707. The van der Waals surface area contributed by atoms with Gasteiger partial charge in [0.15, 0.2) is 0 Å². The summed E-state index contributed by atoms with van der Waals surface area (Å²) in [4.78, 5) is 21.9. The number of hydrogen-bond donors (Lipinski definition) is 1. The maximum atomic E-state index is 11.0. The van der Waals surface area contributed by atoms with Crippen LogP contribution >= 0.6 is 11.6 Å². The van der Waals surface area contributed by atoms with Crippen molar-refractivity contribution >= 4 is 17.2 Å². The lowest BCUT2D eigenvalue weighted by Crippen LogP contribution is -2.18. The first-order valence-corrected chi connectivity index (χ1v) is 7.18. The number of hydrogen-bond acceptors (Lipinski definition) is 6. The first-order chi connectivity index (χ1) is 10.7. The van der Waals surface area contributed by atoms with Crippen molar-refractivity contribution in [1.29, 1.82) is 0 Å². The number of H-pyrrole nitrogens is 1. The van der Waals surface area contributed by atoms with E-state index in [-0.39, 0.29) is 17.8 Å². The lowest BCUT2D eigenvalue weighted by Gasteiger charge is -2.20. The Bertz CT molecular complexity index is 838. The van der Waals surface area contributed by atoms with E-state index < -0.39 is 5.76 Å². The second kappa shape index (κ2) is 5.19. The zero-order valence-electron chi connectivity index (χ0n) is 11.3. The standard InChI is InChI=1S/C14H11ClN4O3/c15-9-4-8(3-7-1-2-21-12(7)9)10-5-11(17-6-16-10)13-18-14(20)22-19-13/h3-7,12H,1-2H2,(H,18,19,20). The van der Waals surface area contributed by atoms with Gasteiger partial charge in [-0.25, -0.2) is 14.8 Å². The molecule has 2 unspecified atom stereocenters. The molecule has 1 aliphatic carbocycles. The molecule has 0 aromatic carbocycles. The SMILES string of the molecule is O=c1[nH]c(-c2cc(C3=CC4CCOC4C(Cl)=C3)ncn2)no1. The summed E-state index contributed by atoms with van der Waals surface area (Å²) < 4.78 is 10.1. The molecule has 7 nitrogen and oxygen atoms in total. The number of allylic oxidation sites excluding steroid dienone is 2. The predicted octanol–water partition coefficient (Wildman–Crippen LogP) is 1.74. The molecule has 0 bridgehead atoms. The number of ether oxygens (including phenoxy) is 1. The predicted molar refractivity (Wildman–Crippen MR) is 77.9 cm³/mol. The Kier molecular flexibility index (Phi) is 3.16. The second-order valence-corrected chi connectivity index (χ2v) is 5.56. The van der Waals surface area contributed by atoms with Crippen LogP contribution in [0.15, 0.2) is 38.9 Å². The van der Waals surface area contributed by atoms with Gasteiger partial charge in [0.2, 0.25) is 5.82 Å². The molecule has 2 aromatic heterocycles. The van der Waals surface area contributed by atoms with Crippen molar-refractivity contribution in [3.05, 3.63) is 45.8 Å². The third-order valence-corrected chi connectivity index (χ3v) is 4.07.